The third-order valence-electron chi connectivity index (χ3n) is 4.97. The summed E-state index contributed by atoms with van der Waals surface area (Å²) in [7, 11) is -1.00. The molecule has 0 aliphatic heterocycles. The molecular formula is C26H35O3P3Si. The van der Waals surface area contributed by atoms with Gasteiger partial charge in [0.05, 0.1) is 0 Å². The van der Waals surface area contributed by atoms with Crippen LogP contribution in [0.5, 0.6) is 0 Å². The molecule has 3 rings (SSSR count). The van der Waals surface area contributed by atoms with Crippen LogP contribution in [0.1, 0.15) is 20.8 Å². The summed E-state index contributed by atoms with van der Waals surface area (Å²) in [5.74, 6) is 0. The average Bonchev–Trinajstić information content (AvgIpc) is 2.81. The summed E-state index contributed by atoms with van der Waals surface area (Å²) in [6, 6.07) is 33.5. The summed E-state index contributed by atoms with van der Waals surface area (Å²) >= 11 is 0. The molecule has 7 heteroatoms. The van der Waals surface area contributed by atoms with Crippen molar-refractivity contribution in [2.75, 3.05) is 19.8 Å². The zero-order valence-corrected chi connectivity index (χ0v) is 23.7. The smallest absolute Gasteiger partial charge is 0.374 e. The van der Waals surface area contributed by atoms with E-state index in [9.17, 15) is 0 Å². The first kappa shape index (κ1) is 26.6. The maximum atomic E-state index is 6.39. The molecule has 33 heavy (non-hydrogen) atoms. The zero-order chi connectivity index (χ0) is 23.4. The van der Waals surface area contributed by atoms with Crippen molar-refractivity contribution in [3.05, 3.63) is 91.0 Å². The molecule has 0 aliphatic carbocycles. The van der Waals surface area contributed by atoms with Crippen molar-refractivity contribution in [1.82, 2.24) is 0 Å². The van der Waals surface area contributed by atoms with Gasteiger partial charge < -0.3 is 13.3 Å². The van der Waals surface area contributed by atoms with Crippen molar-refractivity contribution in [2.45, 2.75) is 31.5 Å². The standard InChI is InChI=1S/C26H35O3P3Si/c1-4-27-33(28-5-2,29-6-3)22-26(30-23-16-10-7-11-17-23,31-24-18-12-8-13-19-24)32-25-20-14-9-15-21-25/h7-21,30-32H,4-6,22H2,1-3H3. The largest absolute Gasteiger partial charge is 0.502 e. The Morgan fingerprint density at radius 2 is 0.848 bits per heavy atom. The molecule has 3 aromatic carbocycles. The lowest BCUT2D eigenvalue weighted by atomic mass is 10.4. The van der Waals surface area contributed by atoms with Gasteiger partial charge >= 0.3 is 8.80 Å². The molecule has 0 bridgehead atoms. The molecular weight excluding hydrogens is 481 g/mol. The van der Waals surface area contributed by atoms with Crippen LogP contribution >= 0.6 is 25.7 Å². The lowest BCUT2D eigenvalue weighted by molar-refractivity contribution is 0.0719. The van der Waals surface area contributed by atoms with E-state index >= 15 is 0 Å². The fourth-order valence-electron chi connectivity index (χ4n) is 3.79. The minimum absolute atomic E-state index is 0.0320. The third kappa shape index (κ3) is 8.34. The van der Waals surface area contributed by atoms with Gasteiger partial charge in [-0.25, -0.2) is 0 Å². The summed E-state index contributed by atoms with van der Waals surface area (Å²) in [5.41, 5.74) is 0. The molecule has 0 heterocycles. The number of benzene rings is 3. The van der Waals surface area contributed by atoms with Crippen LogP contribution in [0.15, 0.2) is 91.0 Å². The minimum Gasteiger partial charge on any atom is -0.374 e. The number of rotatable bonds is 14. The molecule has 0 saturated heterocycles. The molecule has 3 nitrogen and oxygen atoms in total. The maximum absolute atomic E-state index is 6.39. The molecule has 3 unspecified atom stereocenters. The van der Waals surface area contributed by atoms with E-state index in [1.54, 1.807) is 0 Å². The van der Waals surface area contributed by atoms with E-state index in [0.717, 1.165) is 6.04 Å². The molecule has 0 spiro atoms. The van der Waals surface area contributed by atoms with E-state index in [2.05, 4.69) is 91.0 Å². The normalized spacial score (nSPS) is 14.6. The van der Waals surface area contributed by atoms with Gasteiger partial charge in [0, 0.05) is 30.5 Å². The summed E-state index contributed by atoms with van der Waals surface area (Å²) in [6.45, 7) is 7.92. The van der Waals surface area contributed by atoms with Gasteiger partial charge in [-0.3, -0.25) is 0 Å². The van der Waals surface area contributed by atoms with Crippen molar-refractivity contribution in [1.29, 1.82) is 0 Å². The number of hydrogen-bond donors (Lipinski definition) is 0. The molecule has 0 fully saturated rings. The first-order valence-corrected chi connectivity index (χ1v) is 16.5. The monoisotopic (exact) mass is 516 g/mol. The van der Waals surface area contributed by atoms with Gasteiger partial charge in [0.25, 0.3) is 0 Å². The van der Waals surface area contributed by atoms with E-state index in [0.29, 0.717) is 45.6 Å². The Labute approximate surface area is 205 Å². The van der Waals surface area contributed by atoms with Crippen LogP contribution in [0, 0.1) is 0 Å². The fraction of sp³-hybridized carbons (Fsp3) is 0.308. The Balaban J connectivity index is 2.10. The first-order valence-electron chi connectivity index (χ1n) is 11.5. The van der Waals surface area contributed by atoms with Crippen LogP contribution < -0.4 is 15.9 Å². The molecule has 0 radical (unpaired) electrons. The van der Waals surface area contributed by atoms with E-state index in [4.69, 9.17) is 13.3 Å². The number of hydrogen-bond acceptors (Lipinski definition) is 3. The molecule has 176 valence electrons. The van der Waals surface area contributed by atoms with E-state index in [1.165, 1.54) is 15.9 Å². The van der Waals surface area contributed by atoms with Gasteiger partial charge in [-0.1, -0.05) is 117 Å². The second-order valence-corrected chi connectivity index (χ2v) is 16.7. The third-order valence-corrected chi connectivity index (χ3v) is 15.1. The van der Waals surface area contributed by atoms with Crippen molar-refractivity contribution in [2.24, 2.45) is 0 Å². The molecule has 3 atom stereocenters. The summed E-state index contributed by atoms with van der Waals surface area (Å²) in [6.07, 6.45) is 0. The van der Waals surface area contributed by atoms with Crippen LogP contribution in [0.3, 0.4) is 0 Å². The van der Waals surface area contributed by atoms with Gasteiger partial charge in [-0.2, -0.15) is 0 Å². The molecule has 3 aromatic rings. The second-order valence-electron chi connectivity index (χ2n) is 7.54. The van der Waals surface area contributed by atoms with Crippen LogP contribution in [-0.2, 0) is 13.3 Å². The zero-order valence-electron chi connectivity index (χ0n) is 19.7. The Bertz CT molecular complexity index is 811. The van der Waals surface area contributed by atoms with Crippen LogP contribution in [0.4, 0.5) is 0 Å². The lowest BCUT2D eigenvalue weighted by Gasteiger charge is -2.40. The van der Waals surface area contributed by atoms with Gasteiger partial charge in [0.15, 0.2) is 0 Å². The van der Waals surface area contributed by atoms with Gasteiger partial charge in [0.2, 0.25) is 0 Å². The highest BCUT2D eigenvalue weighted by Gasteiger charge is 2.49. The molecule has 0 amide bonds. The summed E-state index contributed by atoms with van der Waals surface area (Å²) in [4.78, 5) is 0. The van der Waals surface area contributed by atoms with E-state index in [-0.39, 0.29) is 4.64 Å². The van der Waals surface area contributed by atoms with Crippen LogP contribution in [-0.4, -0.2) is 33.3 Å². The van der Waals surface area contributed by atoms with Crippen LogP contribution in [0.2, 0.25) is 6.04 Å². The maximum Gasteiger partial charge on any atom is 0.502 e. The predicted molar refractivity (Wildman–Crippen MR) is 151 cm³/mol. The van der Waals surface area contributed by atoms with Gasteiger partial charge in [-0.15, -0.1) is 0 Å². The minimum atomic E-state index is -2.87. The molecule has 0 aromatic heterocycles. The Morgan fingerprint density at radius 1 is 0.545 bits per heavy atom. The van der Waals surface area contributed by atoms with Crippen LogP contribution in [0.25, 0.3) is 0 Å². The highest BCUT2D eigenvalue weighted by molar-refractivity contribution is 7.83. The van der Waals surface area contributed by atoms with E-state index in [1.807, 2.05) is 20.8 Å². The SMILES string of the molecule is CCO[Si](CC(Pc1ccccc1)(Pc1ccccc1)Pc1ccccc1)(OCC)OCC. The van der Waals surface area contributed by atoms with E-state index < -0.39 is 8.80 Å². The Morgan fingerprint density at radius 3 is 1.12 bits per heavy atom. The fourth-order valence-corrected chi connectivity index (χ4v) is 15.2. The highest BCUT2D eigenvalue weighted by Crippen LogP contribution is 2.61. The van der Waals surface area contributed by atoms with Gasteiger partial charge in [0.1, 0.15) is 0 Å². The Hall–Kier alpha value is -0.953. The van der Waals surface area contributed by atoms with Crippen molar-refractivity contribution in [3.63, 3.8) is 0 Å². The highest BCUT2D eigenvalue weighted by atomic mass is 31.2. The van der Waals surface area contributed by atoms with Gasteiger partial charge in [-0.05, 0) is 36.7 Å². The quantitative estimate of drug-likeness (QED) is 0.203. The first-order chi connectivity index (χ1) is 16.1. The molecule has 0 saturated carbocycles. The summed E-state index contributed by atoms with van der Waals surface area (Å²) in [5, 5.41) is 4.12. The predicted octanol–water partition coefficient (Wildman–Crippen LogP) is 5.70. The molecule has 0 N–H and O–H groups in total. The van der Waals surface area contributed by atoms with Crippen molar-refractivity contribution in [3.8, 4) is 0 Å². The van der Waals surface area contributed by atoms with Crippen molar-refractivity contribution >= 4 is 50.5 Å². The molecule has 0 aliphatic rings. The van der Waals surface area contributed by atoms with Crippen molar-refractivity contribution < 1.29 is 13.3 Å². The summed E-state index contributed by atoms with van der Waals surface area (Å²) < 4.78 is 19.1. The average molecular weight is 517 g/mol. The Kier molecular flexibility index (Phi) is 11.2. The second kappa shape index (κ2) is 13.8. The topological polar surface area (TPSA) is 27.7 Å². The lowest BCUT2D eigenvalue weighted by Crippen LogP contribution is -2.50.